The Morgan fingerprint density at radius 3 is 2.30 bits per heavy atom. The Labute approximate surface area is 120 Å². The van der Waals surface area contributed by atoms with Crippen LogP contribution in [0.25, 0.3) is 0 Å². The van der Waals surface area contributed by atoms with Crippen LogP contribution in [0, 0.1) is 5.92 Å². The first-order valence-corrected chi connectivity index (χ1v) is 8.84. The van der Waals surface area contributed by atoms with Crippen LogP contribution >= 0.6 is 0 Å². The Morgan fingerprint density at radius 1 is 1.00 bits per heavy atom. The van der Waals surface area contributed by atoms with Gasteiger partial charge in [-0.25, -0.2) is 8.42 Å². The van der Waals surface area contributed by atoms with Gasteiger partial charge in [0.2, 0.25) is 10.0 Å². The third kappa shape index (κ3) is 2.44. The fourth-order valence-corrected chi connectivity index (χ4v) is 5.39. The van der Waals surface area contributed by atoms with Crippen molar-refractivity contribution in [1.82, 2.24) is 4.31 Å². The molecule has 1 unspecified atom stereocenters. The van der Waals surface area contributed by atoms with Crippen molar-refractivity contribution in [3.05, 3.63) is 24.3 Å². The van der Waals surface area contributed by atoms with Gasteiger partial charge in [0.05, 0.1) is 4.90 Å². The number of benzene rings is 1. The summed E-state index contributed by atoms with van der Waals surface area (Å²) >= 11 is 0. The number of nitrogens with zero attached hydrogens (tertiary/aromatic N) is 1. The van der Waals surface area contributed by atoms with E-state index in [2.05, 4.69) is 0 Å². The zero-order valence-electron chi connectivity index (χ0n) is 11.5. The fraction of sp³-hybridized carbons (Fsp3) is 0.600. The molecule has 0 spiro atoms. The maximum absolute atomic E-state index is 12.8. The molecule has 0 bridgehead atoms. The SMILES string of the molecule is O=S(=O)(c1ccc(O)cc1)N1CCCC1C1CCCC1. The highest BCUT2D eigenvalue weighted by molar-refractivity contribution is 7.89. The lowest BCUT2D eigenvalue weighted by molar-refractivity contribution is 0.288. The Hall–Kier alpha value is -1.07. The van der Waals surface area contributed by atoms with E-state index >= 15 is 0 Å². The highest BCUT2D eigenvalue weighted by Crippen LogP contribution is 2.38. The first kappa shape index (κ1) is 13.9. The predicted molar refractivity (Wildman–Crippen MR) is 77.0 cm³/mol. The minimum atomic E-state index is -3.42. The van der Waals surface area contributed by atoms with Crippen molar-refractivity contribution in [2.45, 2.75) is 49.5 Å². The number of phenols is 1. The number of sulfonamides is 1. The molecule has 1 saturated heterocycles. The first-order chi connectivity index (χ1) is 9.59. The summed E-state index contributed by atoms with van der Waals surface area (Å²) in [4.78, 5) is 0.292. The van der Waals surface area contributed by atoms with Crippen LogP contribution in [0.1, 0.15) is 38.5 Å². The van der Waals surface area contributed by atoms with Gasteiger partial charge < -0.3 is 5.11 Å². The molecule has 5 heteroatoms. The fourth-order valence-electron chi connectivity index (χ4n) is 3.63. The molecule has 2 fully saturated rings. The molecule has 1 aliphatic heterocycles. The molecule has 110 valence electrons. The topological polar surface area (TPSA) is 57.6 Å². The van der Waals surface area contributed by atoms with E-state index in [9.17, 15) is 13.5 Å². The molecule has 4 nitrogen and oxygen atoms in total. The van der Waals surface area contributed by atoms with Gasteiger partial charge in [-0.3, -0.25) is 0 Å². The van der Waals surface area contributed by atoms with E-state index in [0.717, 1.165) is 25.7 Å². The molecule has 3 rings (SSSR count). The van der Waals surface area contributed by atoms with Crippen LogP contribution in [-0.4, -0.2) is 30.4 Å². The van der Waals surface area contributed by atoms with Crippen molar-refractivity contribution in [3.63, 3.8) is 0 Å². The summed E-state index contributed by atoms with van der Waals surface area (Å²) in [6, 6.07) is 6.04. The second kappa shape index (κ2) is 5.37. The van der Waals surface area contributed by atoms with Gasteiger partial charge in [0.15, 0.2) is 0 Å². The maximum atomic E-state index is 12.8. The monoisotopic (exact) mass is 295 g/mol. The van der Waals surface area contributed by atoms with Crippen molar-refractivity contribution in [2.75, 3.05) is 6.54 Å². The molecule has 0 amide bonds. The van der Waals surface area contributed by atoms with Gasteiger partial charge in [0.1, 0.15) is 5.75 Å². The maximum Gasteiger partial charge on any atom is 0.243 e. The van der Waals surface area contributed by atoms with Gasteiger partial charge in [-0.05, 0) is 55.9 Å². The van der Waals surface area contributed by atoms with E-state index in [1.165, 1.54) is 37.1 Å². The second-order valence-corrected chi connectivity index (χ2v) is 7.75. The van der Waals surface area contributed by atoms with Crippen LogP contribution < -0.4 is 0 Å². The summed E-state index contributed by atoms with van der Waals surface area (Å²) in [6.07, 6.45) is 6.72. The number of rotatable bonds is 3. The molecular weight excluding hydrogens is 274 g/mol. The summed E-state index contributed by atoms with van der Waals surface area (Å²) in [6.45, 7) is 0.629. The van der Waals surface area contributed by atoms with E-state index < -0.39 is 10.0 Å². The Kier molecular flexibility index (Phi) is 3.73. The van der Waals surface area contributed by atoms with E-state index in [4.69, 9.17) is 0 Å². The first-order valence-electron chi connectivity index (χ1n) is 7.40. The average Bonchev–Trinajstić information content (AvgIpc) is 3.10. The predicted octanol–water partition coefficient (Wildman–Crippen LogP) is 2.74. The van der Waals surface area contributed by atoms with Gasteiger partial charge >= 0.3 is 0 Å². The summed E-state index contributed by atoms with van der Waals surface area (Å²) in [7, 11) is -3.42. The summed E-state index contributed by atoms with van der Waals surface area (Å²) in [5.74, 6) is 0.627. The number of aromatic hydroxyl groups is 1. The largest absolute Gasteiger partial charge is 0.508 e. The lowest BCUT2D eigenvalue weighted by Crippen LogP contribution is -2.39. The highest BCUT2D eigenvalue weighted by Gasteiger charge is 2.40. The van der Waals surface area contributed by atoms with E-state index in [1.807, 2.05) is 0 Å². The Morgan fingerprint density at radius 2 is 1.65 bits per heavy atom. The summed E-state index contributed by atoms with van der Waals surface area (Å²) < 4.78 is 27.2. The van der Waals surface area contributed by atoms with Gasteiger partial charge in [-0.2, -0.15) is 4.31 Å². The second-order valence-electron chi connectivity index (χ2n) is 5.86. The Bertz CT molecular complexity index is 561. The van der Waals surface area contributed by atoms with Crippen molar-refractivity contribution >= 4 is 10.0 Å². The van der Waals surface area contributed by atoms with Gasteiger partial charge in [0.25, 0.3) is 0 Å². The van der Waals surface area contributed by atoms with E-state index in [0.29, 0.717) is 17.4 Å². The molecule has 1 aromatic carbocycles. The molecular formula is C15H21NO3S. The highest BCUT2D eigenvalue weighted by atomic mass is 32.2. The molecule has 1 atom stereocenters. The van der Waals surface area contributed by atoms with Gasteiger partial charge in [-0.1, -0.05) is 12.8 Å². The smallest absolute Gasteiger partial charge is 0.243 e. The number of hydrogen-bond acceptors (Lipinski definition) is 3. The molecule has 1 saturated carbocycles. The van der Waals surface area contributed by atoms with Crippen LogP contribution in [0.5, 0.6) is 5.75 Å². The number of hydrogen-bond donors (Lipinski definition) is 1. The molecule has 20 heavy (non-hydrogen) atoms. The summed E-state index contributed by atoms with van der Waals surface area (Å²) in [5.41, 5.74) is 0. The summed E-state index contributed by atoms with van der Waals surface area (Å²) in [5, 5.41) is 9.30. The van der Waals surface area contributed by atoms with Crippen LogP contribution in [-0.2, 0) is 10.0 Å². The molecule has 1 aliphatic carbocycles. The van der Waals surface area contributed by atoms with Crippen LogP contribution in [0.15, 0.2) is 29.2 Å². The zero-order chi connectivity index (χ0) is 14.2. The van der Waals surface area contributed by atoms with Crippen LogP contribution in [0.2, 0.25) is 0 Å². The molecule has 1 N–H and O–H groups in total. The van der Waals surface area contributed by atoms with Gasteiger partial charge in [0, 0.05) is 12.6 Å². The minimum absolute atomic E-state index is 0.0951. The quantitative estimate of drug-likeness (QED) is 0.933. The zero-order valence-corrected chi connectivity index (χ0v) is 12.3. The van der Waals surface area contributed by atoms with Crippen molar-refractivity contribution in [2.24, 2.45) is 5.92 Å². The van der Waals surface area contributed by atoms with Crippen LogP contribution in [0.4, 0.5) is 0 Å². The molecule has 0 aromatic heterocycles. The minimum Gasteiger partial charge on any atom is -0.508 e. The third-order valence-corrected chi connectivity index (χ3v) is 6.57. The van der Waals surface area contributed by atoms with E-state index in [-0.39, 0.29) is 11.8 Å². The van der Waals surface area contributed by atoms with Crippen molar-refractivity contribution in [3.8, 4) is 5.75 Å². The standard InChI is InChI=1S/C15H21NO3S/c17-13-7-9-14(10-8-13)20(18,19)16-11-3-6-15(16)12-4-1-2-5-12/h7-10,12,15,17H,1-6,11H2. The van der Waals surface area contributed by atoms with Crippen molar-refractivity contribution < 1.29 is 13.5 Å². The molecule has 1 aromatic rings. The van der Waals surface area contributed by atoms with Crippen LogP contribution in [0.3, 0.4) is 0 Å². The third-order valence-electron chi connectivity index (χ3n) is 4.64. The molecule has 2 aliphatic rings. The lowest BCUT2D eigenvalue weighted by Gasteiger charge is -2.28. The molecule has 0 radical (unpaired) electrons. The average molecular weight is 295 g/mol. The van der Waals surface area contributed by atoms with Gasteiger partial charge in [-0.15, -0.1) is 0 Å². The van der Waals surface area contributed by atoms with E-state index in [1.54, 1.807) is 4.31 Å². The lowest BCUT2D eigenvalue weighted by atomic mass is 9.97. The van der Waals surface area contributed by atoms with Crippen molar-refractivity contribution in [1.29, 1.82) is 0 Å². The molecule has 1 heterocycles. The normalized spacial score (nSPS) is 25.3. The Balaban J connectivity index is 1.87. The number of phenolic OH excluding ortho intramolecular Hbond substituents is 1.